The van der Waals surface area contributed by atoms with Crippen LogP contribution in [0.1, 0.15) is 53.4 Å². The van der Waals surface area contributed by atoms with Gasteiger partial charge < -0.3 is 10.6 Å². The van der Waals surface area contributed by atoms with Gasteiger partial charge in [-0.2, -0.15) is 0 Å². The Labute approximate surface area is 116 Å². The molecule has 0 heterocycles. The molecule has 2 N–H and O–H groups in total. The van der Waals surface area contributed by atoms with Gasteiger partial charge in [-0.3, -0.25) is 9.59 Å². The van der Waals surface area contributed by atoms with Crippen LogP contribution in [-0.4, -0.2) is 24.4 Å². The average Bonchev–Trinajstić information content (AvgIpc) is 2.35. The maximum Gasteiger partial charge on any atom is 0.223 e. The maximum atomic E-state index is 11.9. The molecule has 1 fully saturated rings. The second kappa shape index (κ2) is 7.51. The van der Waals surface area contributed by atoms with Gasteiger partial charge in [0.1, 0.15) is 0 Å². The van der Waals surface area contributed by atoms with E-state index in [1.54, 1.807) is 0 Å². The number of hydrogen-bond acceptors (Lipinski definition) is 2. The summed E-state index contributed by atoms with van der Waals surface area (Å²) < 4.78 is 0. The highest BCUT2D eigenvalue weighted by atomic mass is 16.2. The monoisotopic (exact) mass is 268 g/mol. The van der Waals surface area contributed by atoms with E-state index in [1.165, 1.54) is 0 Å². The highest BCUT2D eigenvalue weighted by Crippen LogP contribution is 2.29. The highest BCUT2D eigenvalue weighted by Gasteiger charge is 2.29. The molecule has 0 atom stereocenters. The van der Waals surface area contributed by atoms with E-state index < -0.39 is 0 Å². The van der Waals surface area contributed by atoms with Gasteiger partial charge in [0.2, 0.25) is 11.8 Å². The van der Waals surface area contributed by atoms with Crippen LogP contribution in [0.5, 0.6) is 0 Å². The van der Waals surface area contributed by atoms with Gasteiger partial charge >= 0.3 is 0 Å². The summed E-state index contributed by atoms with van der Waals surface area (Å²) in [6.07, 6.45) is 3.33. The minimum absolute atomic E-state index is 0.0940. The van der Waals surface area contributed by atoms with Crippen LogP contribution in [0.2, 0.25) is 0 Å². The van der Waals surface area contributed by atoms with Crippen LogP contribution in [0.25, 0.3) is 0 Å². The fraction of sp³-hybridized carbons (Fsp3) is 0.867. The standard InChI is InChI=1S/C15H28N2O2/c1-10(2)9-16-14(18)12-5-7-13(8-6-12)15(19)17-11(3)4/h10-13H,5-9H2,1-4H3,(H,16,18)(H,17,19). The van der Waals surface area contributed by atoms with E-state index in [-0.39, 0.29) is 29.7 Å². The zero-order valence-electron chi connectivity index (χ0n) is 12.7. The van der Waals surface area contributed by atoms with Crippen LogP contribution >= 0.6 is 0 Å². The molecule has 0 radical (unpaired) electrons. The van der Waals surface area contributed by atoms with Crippen molar-refractivity contribution in [1.29, 1.82) is 0 Å². The normalized spacial score (nSPS) is 23.5. The Bertz CT molecular complexity index is 305. The Hall–Kier alpha value is -1.06. The molecule has 19 heavy (non-hydrogen) atoms. The number of nitrogens with one attached hydrogen (secondary N) is 2. The van der Waals surface area contributed by atoms with Gasteiger partial charge in [0.25, 0.3) is 0 Å². The summed E-state index contributed by atoms with van der Waals surface area (Å²) in [5, 5.41) is 5.95. The summed E-state index contributed by atoms with van der Waals surface area (Å²) >= 11 is 0. The Balaban J connectivity index is 2.32. The van der Waals surface area contributed by atoms with Crippen molar-refractivity contribution in [2.45, 2.75) is 59.4 Å². The van der Waals surface area contributed by atoms with Crippen LogP contribution in [0.3, 0.4) is 0 Å². The van der Waals surface area contributed by atoms with Crippen molar-refractivity contribution >= 4 is 11.8 Å². The summed E-state index contributed by atoms with van der Waals surface area (Å²) in [5.41, 5.74) is 0. The lowest BCUT2D eigenvalue weighted by atomic mass is 9.81. The predicted octanol–water partition coefficient (Wildman–Crippen LogP) is 2.09. The molecule has 0 bridgehead atoms. The minimum atomic E-state index is 0.0940. The molecule has 110 valence electrons. The Morgan fingerprint density at radius 3 is 1.84 bits per heavy atom. The fourth-order valence-electron chi connectivity index (χ4n) is 2.47. The zero-order chi connectivity index (χ0) is 14.4. The van der Waals surface area contributed by atoms with Gasteiger partial charge in [-0.15, -0.1) is 0 Å². The number of rotatable bonds is 5. The van der Waals surface area contributed by atoms with Crippen LogP contribution in [0.4, 0.5) is 0 Å². The van der Waals surface area contributed by atoms with Gasteiger partial charge in [-0.05, 0) is 45.4 Å². The van der Waals surface area contributed by atoms with Crippen LogP contribution < -0.4 is 10.6 Å². The molecular formula is C15H28N2O2. The van der Waals surface area contributed by atoms with Crippen molar-refractivity contribution < 1.29 is 9.59 Å². The lowest BCUT2D eigenvalue weighted by Gasteiger charge is -2.27. The Kier molecular flexibility index (Phi) is 6.32. The third-order valence-corrected chi connectivity index (χ3v) is 3.58. The minimum Gasteiger partial charge on any atom is -0.356 e. The summed E-state index contributed by atoms with van der Waals surface area (Å²) in [4.78, 5) is 23.8. The summed E-state index contributed by atoms with van der Waals surface area (Å²) in [7, 11) is 0. The van der Waals surface area contributed by atoms with Gasteiger partial charge in [0, 0.05) is 24.4 Å². The molecule has 1 aliphatic carbocycles. The molecule has 0 aromatic heterocycles. The van der Waals surface area contributed by atoms with E-state index in [4.69, 9.17) is 0 Å². The van der Waals surface area contributed by atoms with Crippen molar-refractivity contribution in [3.8, 4) is 0 Å². The van der Waals surface area contributed by atoms with Crippen molar-refractivity contribution in [3.05, 3.63) is 0 Å². The Morgan fingerprint density at radius 1 is 0.947 bits per heavy atom. The number of hydrogen-bond donors (Lipinski definition) is 2. The van der Waals surface area contributed by atoms with Crippen LogP contribution in [0, 0.1) is 17.8 Å². The van der Waals surface area contributed by atoms with Crippen molar-refractivity contribution in [2.24, 2.45) is 17.8 Å². The van der Waals surface area contributed by atoms with Gasteiger partial charge in [-0.25, -0.2) is 0 Å². The molecule has 2 amide bonds. The molecule has 0 spiro atoms. The molecule has 1 saturated carbocycles. The molecule has 0 saturated heterocycles. The zero-order valence-corrected chi connectivity index (χ0v) is 12.7. The molecule has 1 aliphatic rings. The first kappa shape index (κ1) is 16.0. The Morgan fingerprint density at radius 2 is 1.42 bits per heavy atom. The second-order valence-corrected chi connectivity index (χ2v) is 6.35. The number of carbonyl (C=O) groups excluding carboxylic acids is 2. The van der Waals surface area contributed by atoms with Crippen LogP contribution in [0.15, 0.2) is 0 Å². The van der Waals surface area contributed by atoms with E-state index in [0.29, 0.717) is 5.92 Å². The average molecular weight is 268 g/mol. The summed E-state index contributed by atoms with van der Waals surface area (Å²) in [5.74, 6) is 0.989. The molecule has 0 aromatic carbocycles. The molecule has 0 aliphatic heterocycles. The van der Waals surface area contributed by atoms with Gasteiger partial charge in [-0.1, -0.05) is 13.8 Å². The highest BCUT2D eigenvalue weighted by molar-refractivity contribution is 5.81. The topological polar surface area (TPSA) is 58.2 Å². The summed E-state index contributed by atoms with van der Waals surface area (Å²) in [6, 6.07) is 0.194. The van der Waals surface area contributed by atoms with E-state index in [0.717, 1.165) is 32.2 Å². The van der Waals surface area contributed by atoms with E-state index in [2.05, 4.69) is 24.5 Å². The largest absolute Gasteiger partial charge is 0.356 e. The van der Waals surface area contributed by atoms with E-state index >= 15 is 0 Å². The van der Waals surface area contributed by atoms with Crippen LogP contribution in [-0.2, 0) is 9.59 Å². The molecule has 0 aromatic rings. The number of amides is 2. The second-order valence-electron chi connectivity index (χ2n) is 6.35. The van der Waals surface area contributed by atoms with E-state index in [9.17, 15) is 9.59 Å². The van der Waals surface area contributed by atoms with Crippen molar-refractivity contribution in [3.63, 3.8) is 0 Å². The lowest BCUT2D eigenvalue weighted by molar-refractivity contribution is -0.130. The molecule has 4 nitrogen and oxygen atoms in total. The van der Waals surface area contributed by atoms with Gasteiger partial charge in [0.05, 0.1) is 0 Å². The smallest absolute Gasteiger partial charge is 0.223 e. The molecule has 0 unspecified atom stereocenters. The SMILES string of the molecule is CC(C)CNC(=O)C1CCC(C(=O)NC(C)C)CC1. The maximum absolute atomic E-state index is 11.9. The summed E-state index contributed by atoms with van der Waals surface area (Å²) in [6.45, 7) is 8.87. The van der Waals surface area contributed by atoms with Crippen molar-refractivity contribution in [1.82, 2.24) is 10.6 Å². The first-order valence-corrected chi connectivity index (χ1v) is 7.48. The van der Waals surface area contributed by atoms with Crippen molar-refractivity contribution in [2.75, 3.05) is 6.54 Å². The first-order valence-electron chi connectivity index (χ1n) is 7.48. The van der Waals surface area contributed by atoms with Gasteiger partial charge in [0.15, 0.2) is 0 Å². The fourth-order valence-corrected chi connectivity index (χ4v) is 2.47. The molecular weight excluding hydrogens is 240 g/mol. The number of carbonyl (C=O) groups is 2. The quantitative estimate of drug-likeness (QED) is 0.802. The third kappa shape index (κ3) is 5.62. The molecule has 4 heteroatoms. The first-order chi connectivity index (χ1) is 8.90. The predicted molar refractivity (Wildman–Crippen MR) is 76.6 cm³/mol. The van der Waals surface area contributed by atoms with E-state index in [1.807, 2.05) is 13.8 Å². The molecule has 1 rings (SSSR count). The lowest BCUT2D eigenvalue weighted by Crippen LogP contribution is -2.40. The third-order valence-electron chi connectivity index (χ3n) is 3.58.